The third-order valence-electron chi connectivity index (χ3n) is 3.24. The number of methoxy groups -OCH3 is 1. The molecule has 0 aliphatic heterocycles. The SMILES string of the molecule is COc1cc(C(C)=O)ccc1OCC(=O)Nc1ccc(F)c(F)c1F. The van der Waals surface area contributed by atoms with Gasteiger partial charge in [0.1, 0.15) is 0 Å². The molecule has 0 radical (unpaired) electrons. The Hall–Kier alpha value is -3.03. The summed E-state index contributed by atoms with van der Waals surface area (Å²) >= 11 is 0. The second kappa shape index (κ2) is 7.69. The number of hydrogen-bond donors (Lipinski definition) is 1. The number of ketones is 1. The molecule has 0 heterocycles. The van der Waals surface area contributed by atoms with Crippen LogP contribution in [0.2, 0.25) is 0 Å². The van der Waals surface area contributed by atoms with Crippen molar-refractivity contribution >= 4 is 17.4 Å². The van der Waals surface area contributed by atoms with E-state index in [0.29, 0.717) is 11.6 Å². The predicted octanol–water partition coefficient (Wildman–Crippen LogP) is 3.33. The van der Waals surface area contributed by atoms with Gasteiger partial charge in [-0.25, -0.2) is 13.2 Å². The third kappa shape index (κ3) is 4.28. The first-order valence-corrected chi connectivity index (χ1v) is 7.08. The highest BCUT2D eigenvalue weighted by molar-refractivity contribution is 5.95. The number of ether oxygens (including phenoxy) is 2. The molecule has 25 heavy (non-hydrogen) atoms. The zero-order valence-electron chi connectivity index (χ0n) is 13.4. The number of halogens is 3. The maximum absolute atomic E-state index is 13.5. The van der Waals surface area contributed by atoms with E-state index in [2.05, 4.69) is 5.32 Å². The molecule has 0 bridgehead atoms. The molecule has 0 aliphatic rings. The van der Waals surface area contributed by atoms with Gasteiger partial charge in [0.2, 0.25) is 0 Å². The number of hydrogen-bond acceptors (Lipinski definition) is 4. The van der Waals surface area contributed by atoms with Crippen LogP contribution in [0.1, 0.15) is 17.3 Å². The smallest absolute Gasteiger partial charge is 0.262 e. The first kappa shape index (κ1) is 18.3. The van der Waals surface area contributed by atoms with Crippen LogP contribution in [0.25, 0.3) is 0 Å². The third-order valence-corrected chi connectivity index (χ3v) is 3.24. The maximum atomic E-state index is 13.5. The number of nitrogens with one attached hydrogen (secondary N) is 1. The van der Waals surface area contributed by atoms with Crippen molar-refractivity contribution in [3.63, 3.8) is 0 Å². The Morgan fingerprint density at radius 3 is 2.40 bits per heavy atom. The standard InChI is InChI=1S/C17H14F3NO4/c1-9(22)10-3-6-13(14(7-10)24-2)25-8-15(23)21-12-5-4-11(18)16(19)17(12)20/h3-7H,8H2,1-2H3,(H,21,23). The van der Waals surface area contributed by atoms with Crippen LogP contribution in [0.5, 0.6) is 11.5 Å². The number of anilines is 1. The van der Waals surface area contributed by atoms with Crippen LogP contribution in [-0.2, 0) is 4.79 Å². The number of Topliss-reactive ketones (excluding diaryl/α,β-unsaturated/α-hetero) is 1. The van der Waals surface area contributed by atoms with Gasteiger partial charge in [-0.1, -0.05) is 0 Å². The lowest BCUT2D eigenvalue weighted by Crippen LogP contribution is -2.21. The maximum Gasteiger partial charge on any atom is 0.262 e. The predicted molar refractivity (Wildman–Crippen MR) is 83.4 cm³/mol. The van der Waals surface area contributed by atoms with Crippen LogP contribution in [0.3, 0.4) is 0 Å². The molecule has 0 spiro atoms. The molecule has 0 saturated carbocycles. The molecule has 0 fully saturated rings. The van der Waals surface area contributed by atoms with Crippen molar-refractivity contribution in [1.29, 1.82) is 0 Å². The first-order valence-electron chi connectivity index (χ1n) is 7.08. The molecular weight excluding hydrogens is 339 g/mol. The Kier molecular flexibility index (Phi) is 5.63. The lowest BCUT2D eigenvalue weighted by molar-refractivity contribution is -0.118. The van der Waals surface area contributed by atoms with Crippen molar-refractivity contribution in [3.8, 4) is 11.5 Å². The molecule has 5 nitrogen and oxygen atoms in total. The van der Waals surface area contributed by atoms with E-state index in [4.69, 9.17) is 9.47 Å². The van der Waals surface area contributed by atoms with Crippen molar-refractivity contribution in [2.24, 2.45) is 0 Å². The minimum Gasteiger partial charge on any atom is -0.493 e. The summed E-state index contributed by atoms with van der Waals surface area (Å²) in [5.74, 6) is -5.08. The van der Waals surface area contributed by atoms with Crippen molar-refractivity contribution in [2.75, 3.05) is 19.0 Å². The van der Waals surface area contributed by atoms with Gasteiger partial charge in [0.05, 0.1) is 12.8 Å². The number of rotatable bonds is 6. The molecule has 2 rings (SSSR count). The average molecular weight is 353 g/mol. The summed E-state index contributed by atoms with van der Waals surface area (Å²) in [7, 11) is 1.36. The first-order chi connectivity index (χ1) is 11.8. The molecule has 1 amide bonds. The topological polar surface area (TPSA) is 64.6 Å². The molecule has 132 valence electrons. The average Bonchev–Trinajstić information content (AvgIpc) is 2.60. The second-order valence-corrected chi connectivity index (χ2v) is 4.98. The molecule has 0 aliphatic carbocycles. The van der Waals surface area contributed by atoms with Crippen LogP contribution < -0.4 is 14.8 Å². The number of amides is 1. The van der Waals surface area contributed by atoms with E-state index < -0.39 is 35.7 Å². The Morgan fingerprint density at radius 2 is 1.76 bits per heavy atom. The van der Waals surface area contributed by atoms with Gasteiger partial charge in [-0.2, -0.15) is 0 Å². The van der Waals surface area contributed by atoms with Gasteiger partial charge < -0.3 is 14.8 Å². The molecule has 8 heteroatoms. The highest BCUT2D eigenvalue weighted by Gasteiger charge is 2.16. The van der Waals surface area contributed by atoms with Gasteiger partial charge in [-0.3, -0.25) is 9.59 Å². The second-order valence-electron chi connectivity index (χ2n) is 4.98. The largest absolute Gasteiger partial charge is 0.493 e. The number of carbonyl (C=O) groups is 2. The minimum absolute atomic E-state index is 0.170. The molecule has 0 saturated heterocycles. The Labute approximate surface area is 141 Å². The zero-order valence-corrected chi connectivity index (χ0v) is 13.4. The molecule has 0 unspecified atom stereocenters. The number of carbonyl (C=O) groups excluding carboxylic acids is 2. The van der Waals surface area contributed by atoms with Crippen LogP contribution in [0.4, 0.5) is 18.9 Å². The molecule has 2 aromatic carbocycles. The van der Waals surface area contributed by atoms with Gasteiger partial charge in [0, 0.05) is 5.56 Å². The van der Waals surface area contributed by atoms with Crippen LogP contribution in [-0.4, -0.2) is 25.4 Å². The van der Waals surface area contributed by atoms with E-state index in [1.165, 1.54) is 32.2 Å². The van der Waals surface area contributed by atoms with E-state index in [9.17, 15) is 22.8 Å². The summed E-state index contributed by atoms with van der Waals surface area (Å²) in [6.45, 7) is 0.854. The molecule has 1 N–H and O–H groups in total. The fourth-order valence-corrected chi connectivity index (χ4v) is 1.96. The summed E-state index contributed by atoms with van der Waals surface area (Å²) < 4.78 is 49.8. The van der Waals surface area contributed by atoms with E-state index in [1.54, 1.807) is 0 Å². The summed E-state index contributed by atoms with van der Waals surface area (Å²) in [4.78, 5) is 23.1. The number of benzene rings is 2. The Balaban J connectivity index is 2.05. The van der Waals surface area contributed by atoms with Crippen molar-refractivity contribution < 1.29 is 32.2 Å². The van der Waals surface area contributed by atoms with E-state index in [-0.39, 0.29) is 17.3 Å². The summed E-state index contributed by atoms with van der Waals surface area (Å²) in [5.41, 5.74) is -0.107. The van der Waals surface area contributed by atoms with E-state index in [0.717, 1.165) is 6.07 Å². The lowest BCUT2D eigenvalue weighted by Gasteiger charge is -2.12. The van der Waals surface area contributed by atoms with E-state index >= 15 is 0 Å². The molecular formula is C17H14F3NO4. The fourth-order valence-electron chi connectivity index (χ4n) is 1.96. The zero-order chi connectivity index (χ0) is 18.6. The van der Waals surface area contributed by atoms with Gasteiger partial charge >= 0.3 is 0 Å². The summed E-state index contributed by atoms with van der Waals surface area (Å²) in [5, 5.41) is 2.08. The van der Waals surface area contributed by atoms with Crippen molar-refractivity contribution in [3.05, 3.63) is 53.3 Å². The normalized spacial score (nSPS) is 10.3. The Bertz CT molecular complexity index is 824. The molecule has 2 aromatic rings. The molecule has 0 aromatic heterocycles. The van der Waals surface area contributed by atoms with Gasteiger partial charge in [-0.05, 0) is 37.3 Å². The van der Waals surface area contributed by atoms with Crippen LogP contribution in [0, 0.1) is 17.5 Å². The van der Waals surface area contributed by atoms with Crippen molar-refractivity contribution in [2.45, 2.75) is 6.92 Å². The summed E-state index contributed by atoms with van der Waals surface area (Å²) in [6.07, 6.45) is 0. The summed E-state index contributed by atoms with van der Waals surface area (Å²) in [6, 6.07) is 5.98. The van der Waals surface area contributed by atoms with Crippen molar-refractivity contribution in [1.82, 2.24) is 0 Å². The highest BCUT2D eigenvalue weighted by atomic mass is 19.2. The monoisotopic (exact) mass is 353 g/mol. The minimum atomic E-state index is -1.68. The van der Waals surface area contributed by atoms with Crippen LogP contribution >= 0.6 is 0 Å². The van der Waals surface area contributed by atoms with E-state index in [1.807, 2.05) is 0 Å². The van der Waals surface area contributed by atoms with Gasteiger partial charge in [0.15, 0.2) is 41.3 Å². The fraction of sp³-hybridized carbons (Fsp3) is 0.176. The van der Waals surface area contributed by atoms with Gasteiger partial charge in [-0.15, -0.1) is 0 Å². The Morgan fingerprint density at radius 1 is 1.04 bits per heavy atom. The van der Waals surface area contributed by atoms with Crippen LogP contribution in [0.15, 0.2) is 30.3 Å². The quantitative estimate of drug-likeness (QED) is 0.639. The lowest BCUT2D eigenvalue weighted by atomic mass is 10.1. The highest BCUT2D eigenvalue weighted by Crippen LogP contribution is 2.28. The molecule has 0 atom stereocenters. The van der Waals surface area contributed by atoms with Gasteiger partial charge in [0.25, 0.3) is 5.91 Å².